The predicted octanol–water partition coefficient (Wildman–Crippen LogP) is 3.98. The fraction of sp³-hybridized carbons (Fsp3) is 0. The van der Waals surface area contributed by atoms with Crippen molar-refractivity contribution in [3.05, 3.63) is 36.4 Å². The third-order valence-corrected chi connectivity index (χ3v) is 2.84. The second-order valence-corrected chi connectivity index (χ2v) is 4.00. The highest BCUT2D eigenvalue weighted by Crippen LogP contribution is 2.35. The number of guanidine groups is 1. The van der Waals surface area contributed by atoms with E-state index in [1.165, 1.54) is 0 Å². The molecule has 2 aromatic carbocycles. The van der Waals surface area contributed by atoms with Gasteiger partial charge >= 0.3 is 5.96 Å². The molecule has 0 aromatic heterocycles. The van der Waals surface area contributed by atoms with E-state index < -0.39 is 0 Å². The SMILES string of the molecule is N=NN=N[N+](=NN=N)C1=Nc2cccc3cccc(c23)N1. The highest BCUT2D eigenvalue weighted by molar-refractivity contribution is 6.10. The van der Waals surface area contributed by atoms with Gasteiger partial charge in [0.2, 0.25) is 0 Å². The molecule has 10 nitrogen and oxygen atoms in total. The molecule has 0 aliphatic carbocycles. The van der Waals surface area contributed by atoms with Gasteiger partial charge in [0.15, 0.2) is 0 Å². The Hall–Kier alpha value is -3.43. The number of nitrogens with one attached hydrogen (secondary N) is 3. The fourth-order valence-electron chi connectivity index (χ4n) is 2.08. The van der Waals surface area contributed by atoms with E-state index >= 15 is 0 Å². The molecule has 102 valence electrons. The van der Waals surface area contributed by atoms with E-state index in [9.17, 15) is 0 Å². The van der Waals surface area contributed by atoms with Crippen LogP contribution in [0.4, 0.5) is 11.4 Å². The molecule has 0 saturated carbocycles. The first-order chi connectivity index (χ1) is 10.3. The minimum atomic E-state index is 0.213. The predicted molar refractivity (Wildman–Crippen MR) is 72.5 cm³/mol. The molecule has 0 atom stereocenters. The van der Waals surface area contributed by atoms with Gasteiger partial charge < -0.3 is 0 Å². The standard InChI is InChI=1S/C11H9N10/c12-16-18-20-21(19-17-13)11-14-8-5-1-3-7-4-2-6-9(15-11)10(7)8/h1-6,12-13H,(H,14,15)/q+1. The Morgan fingerprint density at radius 2 is 1.86 bits per heavy atom. The van der Waals surface area contributed by atoms with E-state index in [2.05, 4.69) is 36.4 Å². The van der Waals surface area contributed by atoms with Gasteiger partial charge in [-0.05, 0) is 17.5 Å². The van der Waals surface area contributed by atoms with Crippen molar-refractivity contribution < 1.29 is 4.81 Å². The lowest BCUT2D eigenvalue weighted by Gasteiger charge is -2.13. The first kappa shape index (κ1) is 12.6. The molecular formula is C11H9N10+. The number of benzene rings is 2. The van der Waals surface area contributed by atoms with E-state index in [4.69, 9.17) is 11.1 Å². The van der Waals surface area contributed by atoms with Crippen LogP contribution in [0.15, 0.2) is 67.5 Å². The second kappa shape index (κ2) is 5.28. The molecule has 3 rings (SSSR count). The molecule has 3 N–H and O–H groups in total. The summed E-state index contributed by atoms with van der Waals surface area (Å²) in [4.78, 5) is 5.26. The van der Waals surface area contributed by atoms with E-state index in [0.29, 0.717) is 0 Å². The molecule has 21 heavy (non-hydrogen) atoms. The van der Waals surface area contributed by atoms with E-state index in [-0.39, 0.29) is 5.96 Å². The van der Waals surface area contributed by atoms with Crippen molar-refractivity contribution in [2.75, 3.05) is 5.32 Å². The molecule has 1 aliphatic rings. The van der Waals surface area contributed by atoms with Crippen molar-refractivity contribution in [3.63, 3.8) is 0 Å². The lowest BCUT2D eigenvalue weighted by atomic mass is 10.1. The zero-order valence-electron chi connectivity index (χ0n) is 10.6. The lowest BCUT2D eigenvalue weighted by molar-refractivity contribution is -0.500. The van der Waals surface area contributed by atoms with Crippen molar-refractivity contribution >= 4 is 28.1 Å². The zero-order valence-corrected chi connectivity index (χ0v) is 10.6. The Bertz CT molecular complexity index is 814. The Morgan fingerprint density at radius 3 is 2.62 bits per heavy atom. The van der Waals surface area contributed by atoms with Crippen LogP contribution in [0.1, 0.15) is 0 Å². The molecule has 0 radical (unpaired) electrons. The van der Waals surface area contributed by atoms with Crippen molar-refractivity contribution in [2.45, 2.75) is 0 Å². The van der Waals surface area contributed by atoms with Crippen LogP contribution in [-0.2, 0) is 0 Å². The smallest absolute Gasteiger partial charge is 0.271 e. The molecule has 0 fully saturated rings. The van der Waals surface area contributed by atoms with Crippen LogP contribution in [0.25, 0.3) is 10.8 Å². The average Bonchev–Trinajstić information content (AvgIpc) is 2.52. The van der Waals surface area contributed by atoms with Crippen molar-refractivity contribution in [3.8, 4) is 0 Å². The fourth-order valence-corrected chi connectivity index (χ4v) is 2.08. The monoisotopic (exact) mass is 281 g/mol. The molecule has 1 heterocycles. The van der Waals surface area contributed by atoms with Crippen molar-refractivity contribution in [1.29, 1.82) is 11.1 Å². The van der Waals surface area contributed by atoms with Crippen LogP contribution < -0.4 is 5.32 Å². The van der Waals surface area contributed by atoms with Crippen LogP contribution >= 0.6 is 0 Å². The van der Waals surface area contributed by atoms with Gasteiger partial charge in [-0.25, -0.2) is 0 Å². The highest BCUT2D eigenvalue weighted by atomic mass is 15.7. The maximum atomic E-state index is 6.80. The van der Waals surface area contributed by atoms with Gasteiger partial charge in [-0.15, -0.1) is 10.5 Å². The third kappa shape index (κ3) is 2.25. The van der Waals surface area contributed by atoms with Crippen LogP contribution in [0.3, 0.4) is 0 Å². The largest absolute Gasteiger partial charge is 0.369 e. The van der Waals surface area contributed by atoms with Gasteiger partial charge in [0.25, 0.3) is 0 Å². The molecule has 0 amide bonds. The van der Waals surface area contributed by atoms with E-state index in [1.807, 2.05) is 36.4 Å². The molecule has 10 heteroatoms. The quantitative estimate of drug-likeness (QED) is 0.437. The van der Waals surface area contributed by atoms with Gasteiger partial charge in [0.05, 0.1) is 32.0 Å². The first-order valence-electron chi connectivity index (χ1n) is 5.86. The molecular weight excluding hydrogens is 272 g/mol. The summed E-state index contributed by atoms with van der Waals surface area (Å²) < 4.78 is 0. The summed E-state index contributed by atoms with van der Waals surface area (Å²) in [7, 11) is 0. The summed E-state index contributed by atoms with van der Waals surface area (Å²) in [6.45, 7) is 0. The third-order valence-electron chi connectivity index (χ3n) is 2.84. The molecule has 1 aliphatic heterocycles. The molecule has 0 unspecified atom stereocenters. The summed E-state index contributed by atoms with van der Waals surface area (Å²) in [5, 5.41) is 20.8. The van der Waals surface area contributed by atoms with Crippen molar-refractivity contribution in [2.24, 2.45) is 31.1 Å². The number of hydrogen-bond donors (Lipinski definition) is 3. The maximum absolute atomic E-state index is 6.80. The number of anilines is 1. The van der Waals surface area contributed by atoms with Gasteiger partial charge in [0.1, 0.15) is 5.69 Å². The van der Waals surface area contributed by atoms with Crippen LogP contribution in [-0.4, -0.2) is 10.8 Å². The van der Waals surface area contributed by atoms with E-state index in [1.54, 1.807) is 0 Å². The van der Waals surface area contributed by atoms with Crippen LogP contribution in [0.2, 0.25) is 0 Å². The van der Waals surface area contributed by atoms with E-state index in [0.717, 1.165) is 27.0 Å². The minimum Gasteiger partial charge on any atom is -0.271 e. The maximum Gasteiger partial charge on any atom is 0.369 e. The highest BCUT2D eigenvalue weighted by Gasteiger charge is 2.22. The Labute approximate surface area is 117 Å². The van der Waals surface area contributed by atoms with Gasteiger partial charge in [0, 0.05) is 10.0 Å². The molecule has 0 bridgehead atoms. The summed E-state index contributed by atoms with van der Waals surface area (Å²) in [6.07, 6.45) is 0. The normalized spacial score (nSPS) is 13.9. The molecule has 0 saturated heterocycles. The first-order valence-corrected chi connectivity index (χ1v) is 5.86. The number of nitrogens with zero attached hydrogens (tertiary/aromatic N) is 7. The molecule has 0 spiro atoms. The Morgan fingerprint density at radius 1 is 1.05 bits per heavy atom. The summed E-state index contributed by atoms with van der Waals surface area (Å²) in [5.74, 6) is 0.213. The summed E-state index contributed by atoms with van der Waals surface area (Å²) in [6, 6.07) is 11.5. The van der Waals surface area contributed by atoms with Gasteiger partial charge in [-0.2, -0.15) is 5.53 Å². The zero-order chi connectivity index (χ0) is 14.7. The van der Waals surface area contributed by atoms with Gasteiger partial charge in [-0.1, -0.05) is 24.3 Å². The summed E-state index contributed by atoms with van der Waals surface area (Å²) in [5.41, 5.74) is 15.0. The van der Waals surface area contributed by atoms with Crippen LogP contribution in [0, 0.1) is 11.1 Å². The van der Waals surface area contributed by atoms with Crippen molar-refractivity contribution in [1.82, 2.24) is 0 Å². The topological polar surface area (TPSA) is 137 Å². The number of aliphatic imine (C=N–C) groups is 1. The summed E-state index contributed by atoms with van der Waals surface area (Å²) >= 11 is 0. The second-order valence-electron chi connectivity index (χ2n) is 4.00. The Kier molecular flexibility index (Phi) is 3.17. The molecule has 2 aromatic rings. The average molecular weight is 281 g/mol. The number of rotatable bonds is 3. The van der Waals surface area contributed by atoms with Crippen LogP contribution in [0.5, 0.6) is 0 Å². The van der Waals surface area contributed by atoms with Gasteiger partial charge in [-0.3, -0.25) is 5.32 Å². The lowest BCUT2D eigenvalue weighted by Crippen LogP contribution is -2.24. The minimum absolute atomic E-state index is 0.213. The number of hydrogen-bond acceptors (Lipinski definition) is 4. The Balaban J connectivity index is 2.15.